The highest BCUT2D eigenvalue weighted by molar-refractivity contribution is 5.24. The van der Waals surface area contributed by atoms with Gasteiger partial charge in [-0.3, -0.25) is 0 Å². The van der Waals surface area contributed by atoms with Gasteiger partial charge in [-0.2, -0.15) is 0 Å². The van der Waals surface area contributed by atoms with E-state index < -0.39 is 0 Å². The molecule has 0 radical (unpaired) electrons. The second-order valence-electron chi connectivity index (χ2n) is 4.38. The van der Waals surface area contributed by atoms with Gasteiger partial charge in [0.05, 0.1) is 12.2 Å². The molecule has 1 aromatic heterocycles. The van der Waals surface area contributed by atoms with Crippen LogP contribution >= 0.6 is 0 Å². The van der Waals surface area contributed by atoms with Crippen molar-refractivity contribution in [2.24, 2.45) is 0 Å². The van der Waals surface area contributed by atoms with Crippen molar-refractivity contribution in [3.8, 4) is 0 Å². The fourth-order valence-corrected chi connectivity index (χ4v) is 1.83. The van der Waals surface area contributed by atoms with Crippen LogP contribution < -0.4 is 10.6 Å². The lowest BCUT2D eigenvalue weighted by atomic mass is 10.2. The van der Waals surface area contributed by atoms with Gasteiger partial charge in [0.25, 0.3) is 0 Å². The fraction of sp³-hybridized carbons (Fsp3) is 0.667. The molecule has 17 heavy (non-hydrogen) atoms. The van der Waals surface area contributed by atoms with Crippen molar-refractivity contribution in [1.29, 1.82) is 0 Å². The smallest absolute Gasteiger partial charge is 0.222 e. The van der Waals surface area contributed by atoms with Crippen LogP contribution in [0.2, 0.25) is 0 Å². The molecule has 1 aliphatic heterocycles. The molecule has 0 unspecified atom stereocenters. The first-order valence-corrected chi connectivity index (χ1v) is 6.19. The molecule has 0 aromatic carbocycles. The summed E-state index contributed by atoms with van der Waals surface area (Å²) in [6, 6.07) is 0. The Balaban J connectivity index is 1.80. The van der Waals surface area contributed by atoms with E-state index in [0.717, 1.165) is 31.6 Å². The zero-order valence-electron chi connectivity index (χ0n) is 10.4. The highest BCUT2D eigenvalue weighted by Gasteiger charge is 2.18. The summed E-state index contributed by atoms with van der Waals surface area (Å²) >= 11 is 0. The van der Waals surface area contributed by atoms with Crippen molar-refractivity contribution in [2.75, 3.05) is 25.0 Å². The summed E-state index contributed by atoms with van der Waals surface area (Å²) in [4.78, 5) is 8.51. The third-order valence-corrected chi connectivity index (χ3v) is 2.83. The van der Waals surface area contributed by atoms with Crippen LogP contribution in [0.1, 0.15) is 19.4 Å². The SMILES string of the molecule is CCc1cnc(NC[C@@H]2CNC[C@@H](C)O2)nc1. The number of aryl methyl sites for hydroxylation is 1. The maximum absolute atomic E-state index is 5.77. The van der Waals surface area contributed by atoms with Gasteiger partial charge in [-0.15, -0.1) is 0 Å². The standard InChI is InChI=1S/C12H20N4O/c1-3-10-5-14-12(15-6-10)16-8-11-7-13-4-9(2)17-11/h5-6,9,11,13H,3-4,7-8H2,1-2H3,(H,14,15,16)/t9-,11+/m1/s1. The van der Waals surface area contributed by atoms with Crippen molar-refractivity contribution >= 4 is 5.95 Å². The summed E-state index contributed by atoms with van der Waals surface area (Å²) in [5, 5.41) is 6.53. The van der Waals surface area contributed by atoms with E-state index >= 15 is 0 Å². The molecule has 1 aliphatic rings. The molecule has 1 aromatic rings. The van der Waals surface area contributed by atoms with Gasteiger partial charge in [0.1, 0.15) is 0 Å². The summed E-state index contributed by atoms with van der Waals surface area (Å²) in [6.07, 6.45) is 5.15. The molecule has 5 nitrogen and oxygen atoms in total. The molecule has 2 rings (SSSR count). The Morgan fingerprint density at radius 2 is 2.18 bits per heavy atom. The number of rotatable bonds is 4. The van der Waals surface area contributed by atoms with Crippen LogP contribution in [0.5, 0.6) is 0 Å². The summed E-state index contributed by atoms with van der Waals surface area (Å²) < 4.78 is 5.77. The van der Waals surface area contributed by atoms with Crippen molar-refractivity contribution in [2.45, 2.75) is 32.5 Å². The van der Waals surface area contributed by atoms with Crippen LogP contribution in [0.3, 0.4) is 0 Å². The first-order valence-electron chi connectivity index (χ1n) is 6.19. The first kappa shape index (κ1) is 12.3. The van der Waals surface area contributed by atoms with Crippen LogP contribution in [-0.4, -0.2) is 41.8 Å². The molecule has 0 bridgehead atoms. The number of anilines is 1. The minimum atomic E-state index is 0.188. The Kier molecular flexibility index (Phi) is 4.28. The lowest BCUT2D eigenvalue weighted by molar-refractivity contribution is -0.0196. The van der Waals surface area contributed by atoms with Gasteiger partial charge < -0.3 is 15.4 Å². The molecule has 2 atom stereocenters. The second kappa shape index (κ2) is 5.93. The Labute approximate surface area is 102 Å². The highest BCUT2D eigenvalue weighted by atomic mass is 16.5. The number of hydrogen-bond acceptors (Lipinski definition) is 5. The molecule has 0 spiro atoms. The largest absolute Gasteiger partial charge is 0.371 e. The van der Waals surface area contributed by atoms with E-state index in [9.17, 15) is 0 Å². The van der Waals surface area contributed by atoms with E-state index in [0.29, 0.717) is 5.95 Å². The third-order valence-electron chi connectivity index (χ3n) is 2.83. The minimum Gasteiger partial charge on any atom is -0.371 e. The summed E-state index contributed by atoms with van der Waals surface area (Å²) in [7, 11) is 0. The van der Waals surface area contributed by atoms with E-state index in [1.807, 2.05) is 12.4 Å². The Hall–Kier alpha value is -1.20. The van der Waals surface area contributed by atoms with Gasteiger partial charge in [-0.25, -0.2) is 9.97 Å². The molecule has 0 aliphatic carbocycles. The van der Waals surface area contributed by atoms with Gasteiger partial charge in [-0.1, -0.05) is 6.92 Å². The van der Waals surface area contributed by atoms with Crippen LogP contribution in [0.15, 0.2) is 12.4 Å². The summed E-state index contributed by atoms with van der Waals surface area (Å²) in [5.74, 6) is 0.670. The normalized spacial score (nSPS) is 24.6. The average Bonchev–Trinajstić information content (AvgIpc) is 2.37. The van der Waals surface area contributed by atoms with Gasteiger partial charge in [-0.05, 0) is 18.9 Å². The molecular weight excluding hydrogens is 216 g/mol. The van der Waals surface area contributed by atoms with Crippen LogP contribution in [-0.2, 0) is 11.2 Å². The number of hydrogen-bond donors (Lipinski definition) is 2. The average molecular weight is 236 g/mol. The Bertz CT molecular complexity index is 341. The van der Waals surface area contributed by atoms with Gasteiger partial charge in [0.15, 0.2) is 0 Å². The van der Waals surface area contributed by atoms with E-state index in [2.05, 4.69) is 34.4 Å². The maximum Gasteiger partial charge on any atom is 0.222 e. The quantitative estimate of drug-likeness (QED) is 0.811. The topological polar surface area (TPSA) is 59.1 Å². The van der Waals surface area contributed by atoms with Crippen molar-refractivity contribution in [1.82, 2.24) is 15.3 Å². The van der Waals surface area contributed by atoms with Gasteiger partial charge in [0, 0.05) is 32.0 Å². The molecule has 0 saturated carbocycles. The summed E-state index contributed by atoms with van der Waals surface area (Å²) in [5.41, 5.74) is 1.15. The number of ether oxygens (including phenoxy) is 1. The molecule has 2 N–H and O–H groups in total. The predicted molar refractivity (Wildman–Crippen MR) is 67.1 cm³/mol. The maximum atomic E-state index is 5.77. The first-order chi connectivity index (χ1) is 8.28. The van der Waals surface area contributed by atoms with E-state index in [1.54, 1.807) is 0 Å². The van der Waals surface area contributed by atoms with Crippen LogP contribution in [0.25, 0.3) is 0 Å². The van der Waals surface area contributed by atoms with Gasteiger partial charge in [0.2, 0.25) is 5.95 Å². The Morgan fingerprint density at radius 3 is 2.82 bits per heavy atom. The number of nitrogens with one attached hydrogen (secondary N) is 2. The fourth-order valence-electron chi connectivity index (χ4n) is 1.83. The lowest BCUT2D eigenvalue weighted by Crippen LogP contribution is -2.46. The van der Waals surface area contributed by atoms with Crippen molar-refractivity contribution < 1.29 is 4.74 Å². The Morgan fingerprint density at radius 1 is 1.41 bits per heavy atom. The molecule has 1 fully saturated rings. The van der Waals surface area contributed by atoms with E-state index in [-0.39, 0.29) is 12.2 Å². The van der Waals surface area contributed by atoms with E-state index in [1.165, 1.54) is 0 Å². The lowest BCUT2D eigenvalue weighted by Gasteiger charge is -2.28. The zero-order chi connectivity index (χ0) is 12.1. The monoisotopic (exact) mass is 236 g/mol. The molecule has 94 valence electrons. The molecule has 2 heterocycles. The molecule has 0 amide bonds. The predicted octanol–water partition coefficient (Wildman–Crippen LogP) is 0.828. The van der Waals surface area contributed by atoms with Crippen LogP contribution in [0.4, 0.5) is 5.95 Å². The second-order valence-corrected chi connectivity index (χ2v) is 4.38. The van der Waals surface area contributed by atoms with E-state index in [4.69, 9.17) is 4.74 Å². The highest BCUT2D eigenvalue weighted by Crippen LogP contribution is 2.05. The minimum absolute atomic E-state index is 0.188. The number of aromatic nitrogens is 2. The van der Waals surface area contributed by atoms with Gasteiger partial charge >= 0.3 is 0 Å². The number of nitrogens with zero attached hydrogens (tertiary/aromatic N) is 2. The number of morpholine rings is 1. The molecular formula is C12H20N4O. The zero-order valence-corrected chi connectivity index (χ0v) is 10.4. The van der Waals surface area contributed by atoms with Crippen LogP contribution in [0, 0.1) is 0 Å². The molecule has 5 heteroatoms. The van der Waals surface area contributed by atoms with Crippen molar-refractivity contribution in [3.05, 3.63) is 18.0 Å². The van der Waals surface area contributed by atoms with Crippen molar-refractivity contribution in [3.63, 3.8) is 0 Å². The molecule has 1 saturated heterocycles. The third kappa shape index (κ3) is 3.64. The summed E-state index contributed by atoms with van der Waals surface area (Å²) in [6.45, 7) is 6.71.